The average Bonchev–Trinajstić information content (AvgIpc) is 2.53. The first kappa shape index (κ1) is 14.7. The molecule has 0 saturated carbocycles. The van der Waals surface area contributed by atoms with Gasteiger partial charge in [-0.1, -0.05) is 45.9 Å². The Kier molecular flexibility index (Phi) is 3.90. The van der Waals surface area contributed by atoms with Gasteiger partial charge in [-0.05, 0) is 29.7 Å². The number of rotatable bonds is 2. The third-order valence-electron chi connectivity index (χ3n) is 4.01. The summed E-state index contributed by atoms with van der Waals surface area (Å²) in [5.74, 6) is 0.587. The van der Waals surface area contributed by atoms with E-state index in [1.165, 1.54) is 5.57 Å². The first-order chi connectivity index (χ1) is 8.70. The number of alkyl halides is 1. The van der Waals surface area contributed by atoms with E-state index in [4.69, 9.17) is 5.73 Å². The van der Waals surface area contributed by atoms with Crippen molar-refractivity contribution in [1.82, 2.24) is 5.32 Å². The maximum absolute atomic E-state index is 14.3. The van der Waals surface area contributed by atoms with Crippen LogP contribution in [0.2, 0.25) is 0 Å². The van der Waals surface area contributed by atoms with E-state index in [2.05, 4.69) is 51.2 Å². The largest absolute Gasteiger partial charge is 0.311 e. The summed E-state index contributed by atoms with van der Waals surface area (Å²) in [7, 11) is 0. The van der Waals surface area contributed by atoms with Gasteiger partial charge in [-0.15, -0.1) is 0 Å². The second-order valence-electron chi connectivity index (χ2n) is 7.45. The minimum Gasteiger partial charge on any atom is -0.311 e. The zero-order valence-electron chi connectivity index (χ0n) is 12.5. The van der Waals surface area contributed by atoms with Crippen molar-refractivity contribution in [1.29, 1.82) is 0 Å². The molecule has 19 heavy (non-hydrogen) atoms. The molecule has 2 rings (SSSR count). The molecule has 3 heteroatoms. The number of nitrogens with one attached hydrogen (secondary N) is 1. The highest BCUT2D eigenvalue weighted by Gasteiger charge is 2.47. The van der Waals surface area contributed by atoms with Crippen molar-refractivity contribution in [2.45, 2.75) is 64.8 Å². The summed E-state index contributed by atoms with van der Waals surface area (Å²) in [6, 6.07) is 0.0612. The van der Waals surface area contributed by atoms with Crippen LogP contribution in [0.5, 0.6) is 0 Å². The van der Waals surface area contributed by atoms with Crippen LogP contribution in [-0.2, 0) is 0 Å². The minimum absolute atomic E-state index is 0.0201. The maximum Gasteiger partial charge on any atom is 0.133 e. The van der Waals surface area contributed by atoms with Gasteiger partial charge < -0.3 is 5.73 Å². The fraction of sp³-hybridized carbons (Fsp3) is 0.750. The van der Waals surface area contributed by atoms with Crippen LogP contribution in [0.3, 0.4) is 0 Å². The van der Waals surface area contributed by atoms with Crippen LogP contribution in [0.1, 0.15) is 47.0 Å². The van der Waals surface area contributed by atoms with E-state index in [-0.39, 0.29) is 11.5 Å². The fourth-order valence-corrected chi connectivity index (χ4v) is 3.15. The van der Waals surface area contributed by atoms with Crippen molar-refractivity contribution >= 4 is 0 Å². The first-order valence-corrected chi connectivity index (χ1v) is 7.28. The van der Waals surface area contributed by atoms with Crippen molar-refractivity contribution in [2.75, 3.05) is 0 Å². The lowest BCUT2D eigenvalue weighted by atomic mass is 9.83. The van der Waals surface area contributed by atoms with Gasteiger partial charge in [0.05, 0.1) is 5.66 Å². The molecule has 1 aliphatic heterocycles. The Morgan fingerprint density at radius 3 is 2.68 bits per heavy atom. The van der Waals surface area contributed by atoms with E-state index in [1.54, 1.807) is 0 Å². The third-order valence-corrected chi connectivity index (χ3v) is 4.01. The second-order valence-corrected chi connectivity index (χ2v) is 7.45. The molecule has 3 N–H and O–H groups in total. The van der Waals surface area contributed by atoms with E-state index in [1.807, 2.05) is 0 Å². The highest BCUT2D eigenvalue weighted by Crippen LogP contribution is 2.36. The SMILES string of the molecule is CC1C=CC(C2CC(F)C(N)(CC(C)(C)C)N2)=CC1. The van der Waals surface area contributed by atoms with Gasteiger partial charge in [0.15, 0.2) is 0 Å². The molecule has 108 valence electrons. The Labute approximate surface area is 116 Å². The van der Waals surface area contributed by atoms with E-state index in [0.29, 0.717) is 18.8 Å². The second kappa shape index (κ2) is 5.02. The molecule has 0 aromatic carbocycles. The normalized spacial score (nSPS) is 39.5. The predicted octanol–water partition coefficient (Wildman–Crippen LogP) is 3.30. The monoisotopic (exact) mass is 266 g/mol. The summed E-state index contributed by atoms with van der Waals surface area (Å²) in [5.41, 5.74) is 6.60. The van der Waals surface area contributed by atoms with Gasteiger partial charge in [-0.25, -0.2) is 4.39 Å². The molecule has 0 aromatic heterocycles. The van der Waals surface area contributed by atoms with Gasteiger partial charge in [-0.2, -0.15) is 0 Å². The highest BCUT2D eigenvalue weighted by atomic mass is 19.1. The standard InChI is InChI=1S/C16H27FN2/c1-11-5-7-12(8-6-11)13-9-14(17)16(18,19-13)10-15(2,3)4/h5,7-8,11,13-14,19H,6,9-10,18H2,1-4H3. The molecule has 2 nitrogen and oxygen atoms in total. The van der Waals surface area contributed by atoms with Gasteiger partial charge in [-0.3, -0.25) is 5.32 Å². The lowest BCUT2D eigenvalue weighted by molar-refractivity contribution is 0.144. The summed E-state index contributed by atoms with van der Waals surface area (Å²) in [5, 5.41) is 3.34. The van der Waals surface area contributed by atoms with Crippen LogP contribution in [0.25, 0.3) is 0 Å². The van der Waals surface area contributed by atoms with E-state index < -0.39 is 11.8 Å². The smallest absolute Gasteiger partial charge is 0.133 e. The van der Waals surface area contributed by atoms with Crippen molar-refractivity contribution in [3.05, 3.63) is 23.8 Å². The minimum atomic E-state index is -0.981. The predicted molar refractivity (Wildman–Crippen MR) is 78.4 cm³/mol. The average molecular weight is 266 g/mol. The lowest BCUT2D eigenvalue weighted by Gasteiger charge is -2.34. The van der Waals surface area contributed by atoms with E-state index in [0.717, 1.165) is 6.42 Å². The molecule has 0 amide bonds. The third kappa shape index (κ3) is 3.46. The van der Waals surface area contributed by atoms with Crippen LogP contribution in [-0.4, -0.2) is 17.9 Å². The van der Waals surface area contributed by atoms with Crippen LogP contribution in [0.15, 0.2) is 23.8 Å². The molecule has 4 unspecified atom stereocenters. The molecular formula is C16H27FN2. The van der Waals surface area contributed by atoms with E-state index in [9.17, 15) is 4.39 Å². The van der Waals surface area contributed by atoms with Gasteiger partial charge in [0.2, 0.25) is 0 Å². The first-order valence-electron chi connectivity index (χ1n) is 7.28. The molecule has 1 fully saturated rings. The quantitative estimate of drug-likeness (QED) is 0.805. The molecular weight excluding hydrogens is 239 g/mol. The Morgan fingerprint density at radius 1 is 1.47 bits per heavy atom. The van der Waals surface area contributed by atoms with Crippen LogP contribution in [0.4, 0.5) is 4.39 Å². The summed E-state index contributed by atoms with van der Waals surface area (Å²) >= 11 is 0. The molecule has 1 aliphatic carbocycles. The Morgan fingerprint density at radius 2 is 2.16 bits per heavy atom. The number of nitrogens with two attached hydrogens (primary N) is 1. The topological polar surface area (TPSA) is 38.0 Å². The molecule has 0 spiro atoms. The molecule has 0 radical (unpaired) electrons. The molecule has 1 saturated heterocycles. The number of halogens is 1. The fourth-order valence-electron chi connectivity index (χ4n) is 3.15. The zero-order chi connectivity index (χ0) is 14.3. The number of hydrogen-bond acceptors (Lipinski definition) is 2. The number of hydrogen-bond donors (Lipinski definition) is 2. The highest BCUT2D eigenvalue weighted by molar-refractivity contribution is 5.31. The van der Waals surface area contributed by atoms with Crippen molar-refractivity contribution < 1.29 is 4.39 Å². The number of allylic oxidation sites excluding steroid dienone is 2. The molecule has 4 atom stereocenters. The van der Waals surface area contributed by atoms with Gasteiger partial charge in [0.25, 0.3) is 0 Å². The van der Waals surface area contributed by atoms with Crippen LogP contribution in [0, 0.1) is 11.3 Å². The molecule has 0 aromatic rings. The molecule has 2 aliphatic rings. The maximum atomic E-state index is 14.3. The van der Waals surface area contributed by atoms with Gasteiger partial charge in [0, 0.05) is 12.5 Å². The van der Waals surface area contributed by atoms with Crippen molar-refractivity contribution in [3.63, 3.8) is 0 Å². The van der Waals surface area contributed by atoms with E-state index >= 15 is 0 Å². The Balaban J connectivity index is 2.07. The molecule has 0 bridgehead atoms. The van der Waals surface area contributed by atoms with Crippen molar-refractivity contribution in [3.8, 4) is 0 Å². The summed E-state index contributed by atoms with van der Waals surface area (Å²) in [4.78, 5) is 0. The van der Waals surface area contributed by atoms with Crippen molar-refractivity contribution in [2.24, 2.45) is 17.1 Å². The Bertz CT molecular complexity index is 394. The van der Waals surface area contributed by atoms with Gasteiger partial charge in [0.1, 0.15) is 6.17 Å². The Hall–Kier alpha value is -0.670. The lowest BCUT2D eigenvalue weighted by Crippen LogP contribution is -2.58. The van der Waals surface area contributed by atoms with Crippen LogP contribution >= 0.6 is 0 Å². The summed E-state index contributed by atoms with van der Waals surface area (Å²) in [6.45, 7) is 8.50. The van der Waals surface area contributed by atoms with Crippen LogP contribution < -0.4 is 11.1 Å². The molecule has 1 heterocycles. The van der Waals surface area contributed by atoms with Gasteiger partial charge >= 0.3 is 0 Å². The summed E-state index contributed by atoms with van der Waals surface area (Å²) in [6.07, 6.45) is 7.73. The summed E-state index contributed by atoms with van der Waals surface area (Å²) < 4.78 is 14.3. The zero-order valence-corrected chi connectivity index (χ0v) is 12.5.